The van der Waals surface area contributed by atoms with E-state index in [9.17, 15) is 9.59 Å². The number of hydrogen-bond acceptors (Lipinski definition) is 4. The smallest absolute Gasteiger partial charge is 0.343 e. The van der Waals surface area contributed by atoms with Crippen LogP contribution in [0.5, 0.6) is 11.5 Å². The van der Waals surface area contributed by atoms with Gasteiger partial charge in [-0.25, -0.2) is 4.79 Å². The average molecular weight is 423 g/mol. The zero-order valence-corrected chi connectivity index (χ0v) is 17.5. The Kier molecular flexibility index (Phi) is 5.07. The van der Waals surface area contributed by atoms with E-state index in [1.54, 1.807) is 30.3 Å². The maximum Gasteiger partial charge on any atom is 0.343 e. The molecule has 4 aromatic rings. The number of benzene rings is 4. The predicted octanol–water partition coefficient (Wildman–Crippen LogP) is 5.54. The van der Waals surface area contributed by atoms with Crippen molar-refractivity contribution in [2.45, 2.75) is 12.3 Å². The van der Waals surface area contributed by atoms with Crippen LogP contribution in [0.1, 0.15) is 33.8 Å². The van der Waals surface area contributed by atoms with Crippen molar-refractivity contribution >= 4 is 28.3 Å². The monoisotopic (exact) mass is 423 g/mol. The van der Waals surface area contributed by atoms with Crippen molar-refractivity contribution < 1.29 is 19.1 Å². The molecule has 1 amide bonds. The summed E-state index contributed by atoms with van der Waals surface area (Å²) in [7, 11) is 1.54. The molecule has 5 nitrogen and oxygen atoms in total. The first-order valence-corrected chi connectivity index (χ1v) is 10.4. The van der Waals surface area contributed by atoms with Gasteiger partial charge in [0.25, 0.3) is 0 Å². The lowest BCUT2D eigenvalue weighted by molar-refractivity contribution is -0.116. The highest BCUT2D eigenvalue weighted by atomic mass is 16.6. The van der Waals surface area contributed by atoms with Crippen LogP contribution in [0.15, 0.2) is 84.9 Å². The largest absolute Gasteiger partial charge is 0.493 e. The summed E-state index contributed by atoms with van der Waals surface area (Å²) in [5.74, 6) is 0.155. The molecule has 0 saturated heterocycles. The SMILES string of the molecule is COc1cc([C@H]2CC(=O)Nc3ccc4ccccc4c32)ccc1OC(=O)c1ccccc1. The molecule has 5 heteroatoms. The number of fused-ring (bicyclic) bond motifs is 3. The van der Waals surface area contributed by atoms with Gasteiger partial charge in [0.1, 0.15) is 0 Å². The van der Waals surface area contributed by atoms with Crippen LogP contribution < -0.4 is 14.8 Å². The van der Waals surface area contributed by atoms with Crippen molar-refractivity contribution in [2.75, 3.05) is 12.4 Å². The first-order chi connectivity index (χ1) is 15.6. The first-order valence-electron chi connectivity index (χ1n) is 10.4. The van der Waals surface area contributed by atoms with E-state index in [2.05, 4.69) is 17.4 Å². The predicted molar refractivity (Wildman–Crippen MR) is 123 cm³/mol. The minimum absolute atomic E-state index is 0.0312. The van der Waals surface area contributed by atoms with Crippen LogP contribution in [0, 0.1) is 0 Å². The van der Waals surface area contributed by atoms with Crippen molar-refractivity contribution in [1.82, 2.24) is 0 Å². The van der Waals surface area contributed by atoms with Gasteiger partial charge in [-0.15, -0.1) is 0 Å². The van der Waals surface area contributed by atoms with Gasteiger partial charge in [-0.1, -0.05) is 54.6 Å². The second kappa shape index (κ2) is 8.19. The maximum atomic E-state index is 12.5. The highest BCUT2D eigenvalue weighted by Gasteiger charge is 2.29. The fraction of sp³-hybridized carbons (Fsp3) is 0.111. The minimum atomic E-state index is -0.454. The van der Waals surface area contributed by atoms with Gasteiger partial charge in [-0.05, 0) is 52.2 Å². The third kappa shape index (κ3) is 3.58. The summed E-state index contributed by atoms with van der Waals surface area (Å²) in [5, 5.41) is 5.22. The van der Waals surface area contributed by atoms with Gasteiger partial charge < -0.3 is 14.8 Å². The highest BCUT2D eigenvalue weighted by Crippen LogP contribution is 2.43. The number of carbonyl (C=O) groups excluding carboxylic acids is 2. The molecule has 1 aliphatic rings. The minimum Gasteiger partial charge on any atom is -0.493 e. The maximum absolute atomic E-state index is 12.5. The van der Waals surface area contributed by atoms with Gasteiger partial charge in [0.15, 0.2) is 11.5 Å². The number of amides is 1. The zero-order valence-electron chi connectivity index (χ0n) is 17.5. The number of esters is 1. The Balaban J connectivity index is 1.54. The second-order valence-electron chi connectivity index (χ2n) is 7.72. The third-order valence-electron chi connectivity index (χ3n) is 5.78. The van der Waals surface area contributed by atoms with E-state index in [0.717, 1.165) is 27.6 Å². The van der Waals surface area contributed by atoms with Crippen molar-refractivity contribution in [2.24, 2.45) is 0 Å². The van der Waals surface area contributed by atoms with Crippen molar-refractivity contribution in [1.29, 1.82) is 0 Å². The Morgan fingerprint density at radius 3 is 2.50 bits per heavy atom. The molecule has 1 atom stereocenters. The number of hydrogen-bond donors (Lipinski definition) is 1. The van der Waals surface area contributed by atoms with Crippen molar-refractivity contribution in [3.8, 4) is 11.5 Å². The topological polar surface area (TPSA) is 64.6 Å². The lowest BCUT2D eigenvalue weighted by Crippen LogP contribution is -2.23. The molecule has 0 aliphatic carbocycles. The molecule has 0 fully saturated rings. The number of ether oxygens (including phenoxy) is 2. The quantitative estimate of drug-likeness (QED) is 0.346. The number of carbonyl (C=O) groups is 2. The van der Waals surface area contributed by atoms with Crippen LogP contribution in [0.4, 0.5) is 5.69 Å². The fourth-order valence-electron chi connectivity index (χ4n) is 4.27. The van der Waals surface area contributed by atoms with Crippen LogP contribution in [0.25, 0.3) is 10.8 Å². The molecule has 4 aromatic carbocycles. The molecule has 1 aliphatic heterocycles. The zero-order chi connectivity index (χ0) is 22.1. The number of methoxy groups -OCH3 is 1. The Morgan fingerprint density at radius 1 is 0.906 bits per heavy atom. The summed E-state index contributed by atoms with van der Waals surface area (Å²) < 4.78 is 11.1. The molecular formula is C27H21NO4. The van der Waals surface area contributed by atoms with Gasteiger partial charge in [-0.2, -0.15) is 0 Å². The Labute approximate surface area is 185 Å². The fourth-order valence-corrected chi connectivity index (χ4v) is 4.27. The Hall–Kier alpha value is -4.12. The molecule has 0 unspecified atom stereocenters. The third-order valence-corrected chi connectivity index (χ3v) is 5.78. The number of rotatable bonds is 4. The van der Waals surface area contributed by atoms with Crippen LogP contribution >= 0.6 is 0 Å². The highest BCUT2D eigenvalue weighted by molar-refractivity contribution is 6.01. The Bertz CT molecular complexity index is 1330. The van der Waals surface area contributed by atoms with Gasteiger partial charge in [0, 0.05) is 18.0 Å². The summed E-state index contributed by atoms with van der Waals surface area (Å²) in [4.78, 5) is 24.9. The molecule has 5 rings (SSSR count). The van der Waals surface area contributed by atoms with E-state index in [0.29, 0.717) is 23.5 Å². The van der Waals surface area contributed by atoms with Crippen molar-refractivity contribution in [3.05, 3.63) is 102 Å². The second-order valence-corrected chi connectivity index (χ2v) is 7.72. The average Bonchev–Trinajstić information content (AvgIpc) is 2.84. The van der Waals surface area contributed by atoms with Gasteiger partial charge >= 0.3 is 5.97 Å². The lowest BCUT2D eigenvalue weighted by atomic mass is 9.82. The van der Waals surface area contributed by atoms with Crippen molar-refractivity contribution in [3.63, 3.8) is 0 Å². The molecule has 0 aromatic heterocycles. The molecule has 0 saturated carbocycles. The summed E-state index contributed by atoms with van der Waals surface area (Å²) in [6, 6.07) is 26.4. The van der Waals surface area contributed by atoms with Crippen LogP contribution in [0.2, 0.25) is 0 Å². The summed E-state index contributed by atoms with van der Waals surface area (Å²) in [5.41, 5.74) is 3.29. The summed E-state index contributed by atoms with van der Waals surface area (Å²) in [6.45, 7) is 0. The van der Waals surface area contributed by atoms with E-state index in [-0.39, 0.29) is 11.8 Å². The van der Waals surface area contributed by atoms with E-state index >= 15 is 0 Å². The van der Waals surface area contributed by atoms with Gasteiger partial charge in [0.05, 0.1) is 12.7 Å². The van der Waals surface area contributed by atoms with Gasteiger partial charge in [-0.3, -0.25) is 4.79 Å². The van der Waals surface area contributed by atoms with Crippen LogP contribution in [-0.4, -0.2) is 19.0 Å². The molecular weight excluding hydrogens is 402 g/mol. The molecule has 0 spiro atoms. The summed E-state index contributed by atoms with van der Waals surface area (Å²) >= 11 is 0. The molecule has 158 valence electrons. The van der Waals surface area contributed by atoms with E-state index in [1.807, 2.05) is 42.5 Å². The molecule has 0 radical (unpaired) electrons. The van der Waals surface area contributed by atoms with Gasteiger partial charge in [0.2, 0.25) is 5.91 Å². The molecule has 1 N–H and O–H groups in total. The molecule has 0 bridgehead atoms. The number of nitrogens with one attached hydrogen (secondary N) is 1. The standard InChI is InChI=1S/C27H21NO4/c1-31-24-15-19(12-14-23(24)32-27(30)18-8-3-2-4-9-18)21-16-25(29)28-22-13-11-17-7-5-6-10-20(17)26(21)22/h2-15,21H,16H2,1H3,(H,28,29)/t21-/m1/s1. The Morgan fingerprint density at radius 2 is 1.69 bits per heavy atom. The molecule has 32 heavy (non-hydrogen) atoms. The lowest BCUT2D eigenvalue weighted by Gasteiger charge is -2.28. The number of anilines is 1. The van der Waals surface area contributed by atoms with E-state index in [4.69, 9.17) is 9.47 Å². The first kappa shape index (κ1) is 19.8. The summed E-state index contributed by atoms with van der Waals surface area (Å²) in [6.07, 6.45) is 0.327. The van der Waals surface area contributed by atoms with E-state index < -0.39 is 5.97 Å². The van der Waals surface area contributed by atoms with Crippen LogP contribution in [0.3, 0.4) is 0 Å². The normalized spacial score (nSPS) is 15.0. The van der Waals surface area contributed by atoms with E-state index in [1.165, 1.54) is 7.11 Å². The molecule has 1 heterocycles. The van der Waals surface area contributed by atoms with Crippen LogP contribution in [-0.2, 0) is 4.79 Å².